The van der Waals surface area contributed by atoms with E-state index < -0.39 is 0 Å². The highest BCUT2D eigenvalue weighted by atomic mass is 14.5. The van der Waals surface area contributed by atoms with Gasteiger partial charge in [-0.05, 0) is 43.1 Å². The molecule has 0 heteroatoms. The second-order valence-electron chi connectivity index (χ2n) is 3.27. The standard InChI is InChI=1S/C9H12/c1-2-3-7-4-5-8-6-9(7)8/h3,7-9H,1,4-6H2. The summed E-state index contributed by atoms with van der Waals surface area (Å²) in [6.07, 6.45) is 6.52. The summed E-state index contributed by atoms with van der Waals surface area (Å²) >= 11 is 0. The summed E-state index contributed by atoms with van der Waals surface area (Å²) in [5.74, 6) is 2.99. The molecule has 0 saturated heterocycles. The summed E-state index contributed by atoms with van der Waals surface area (Å²) in [7, 11) is 0. The van der Waals surface area contributed by atoms with Gasteiger partial charge in [0, 0.05) is 0 Å². The molecule has 0 amide bonds. The molecule has 0 nitrogen and oxygen atoms in total. The molecule has 2 fully saturated rings. The van der Waals surface area contributed by atoms with Crippen LogP contribution in [-0.4, -0.2) is 0 Å². The van der Waals surface area contributed by atoms with Gasteiger partial charge in [-0.15, -0.1) is 5.73 Å². The molecule has 0 radical (unpaired) electrons. The Labute approximate surface area is 56.3 Å². The van der Waals surface area contributed by atoms with Crippen molar-refractivity contribution in [3.05, 3.63) is 18.4 Å². The van der Waals surface area contributed by atoms with Crippen LogP contribution in [0, 0.1) is 17.8 Å². The molecule has 0 aromatic carbocycles. The normalized spacial score (nSPS) is 45.6. The predicted molar refractivity (Wildman–Crippen MR) is 38.0 cm³/mol. The van der Waals surface area contributed by atoms with Crippen molar-refractivity contribution in [2.45, 2.75) is 19.3 Å². The van der Waals surface area contributed by atoms with Gasteiger partial charge in [0.25, 0.3) is 0 Å². The maximum Gasteiger partial charge on any atom is -0.0126 e. The van der Waals surface area contributed by atoms with Crippen molar-refractivity contribution in [2.24, 2.45) is 17.8 Å². The van der Waals surface area contributed by atoms with Crippen LogP contribution in [0.1, 0.15) is 19.3 Å². The fourth-order valence-electron chi connectivity index (χ4n) is 2.11. The minimum atomic E-state index is 0.854. The van der Waals surface area contributed by atoms with Crippen LogP contribution >= 0.6 is 0 Å². The minimum absolute atomic E-state index is 0.854. The molecule has 0 spiro atoms. The Bertz CT molecular complexity index is 163. The fourth-order valence-corrected chi connectivity index (χ4v) is 2.11. The molecule has 0 heterocycles. The number of hydrogen-bond acceptors (Lipinski definition) is 0. The molecule has 48 valence electrons. The van der Waals surface area contributed by atoms with E-state index in [1.165, 1.54) is 19.3 Å². The zero-order valence-corrected chi connectivity index (χ0v) is 5.64. The van der Waals surface area contributed by atoms with Crippen molar-refractivity contribution < 1.29 is 0 Å². The first kappa shape index (κ1) is 5.32. The van der Waals surface area contributed by atoms with Gasteiger partial charge in [0.05, 0.1) is 0 Å². The highest BCUT2D eigenvalue weighted by Gasteiger charge is 2.46. The van der Waals surface area contributed by atoms with Gasteiger partial charge < -0.3 is 0 Å². The maximum absolute atomic E-state index is 3.60. The third-order valence-corrected chi connectivity index (χ3v) is 2.73. The lowest BCUT2D eigenvalue weighted by Gasteiger charge is -2.00. The Morgan fingerprint density at radius 3 is 2.78 bits per heavy atom. The SMILES string of the molecule is C=C=CC1CCC2CC12. The van der Waals surface area contributed by atoms with E-state index in [9.17, 15) is 0 Å². The van der Waals surface area contributed by atoms with Gasteiger partial charge in [0.2, 0.25) is 0 Å². The molecular formula is C9H12. The first-order chi connectivity index (χ1) is 4.42. The van der Waals surface area contributed by atoms with E-state index in [4.69, 9.17) is 0 Å². The average molecular weight is 120 g/mol. The zero-order valence-electron chi connectivity index (χ0n) is 5.64. The lowest BCUT2D eigenvalue weighted by atomic mass is 10.0. The van der Waals surface area contributed by atoms with E-state index in [1.807, 2.05) is 0 Å². The van der Waals surface area contributed by atoms with E-state index in [0.29, 0.717) is 0 Å². The lowest BCUT2D eigenvalue weighted by Crippen LogP contribution is -1.91. The van der Waals surface area contributed by atoms with E-state index >= 15 is 0 Å². The molecular weight excluding hydrogens is 108 g/mol. The van der Waals surface area contributed by atoms with Crippen LogP contribution in [0.2, 0.25) is 0 Å². The number of fused-ring (bicyclic) bond motifs is 1. The van der Waals surface area contributed by atoms with Crippen LogP contribution in [0.3, 0.4) is 0 Å². The van der Waals surface area contributed by atoms with Crippen LogP contribution in [-0.2, 0) is 0 Å². The minimum Gasteiger partial charge on any atom is -0.133 e. The second kappa shape index (κ2) is 1.75. The van der Waals surface area contributed by atoms with Crippen LogP contribution < -0.4 is 0 Å². The molecule has 3 atom stereocenters. The predicted octanol–water partition coefficient (Wildman–Crippen LogP) is 2.37. The van der Waals surface area contributed by atoms with Gasteiger partial charge in [-0.2, -0.15) is 0 Å². The fraction of sp³-hybridized carbons (Fsp3) is 0.667. The van der Waals surface area contributed by atoms with Crippen molar-refractivity contribution in [1.29, 1.82) is 0 Å². The van der Waals surface area contributed by atoms with E-state index in [2.05, 4.69) is 18.4 Å². The molecule has 3 unspecified atom stereocenters. The average Bonchev–Trinajstić information content (AvgIpc) is 2.54. The van der Waals surface area contributed by atoms with Crippen molar-refractivity contribution >= 4 is 0 Å². The van der Waals surface area contributed by atoms with Crippen LogP contribution in [0.5, 0.6) is 0 Å². The first-order valence-electron chi connectivity index (χ1n) is 3.78. The van der Waals surface area contributed by atoms with Gasteiger partial charge in [-0.25, -0.2) is 0 Å². The third kappa shape index (κ3) is 0.746. The molecule has 0 N–H and O–H groups in total. The van der Waals surface area contributed by atoms with Gasteiger partial charge in [-0.1, -0.05) is 6.58 Å². The molecule has 2 aliphatic rings. The molecule has 0 aromatic heterocycles. The highest BCUT2D eigenvalue weighted by molar-refractivity contribution is 5.04. The summed E-state index contributed by atoms with van der Waals surface area (Å²) in [4.78, 5) is 0. The quantitative estimate of drug-likeness (QED) is 0.466. The largest absolute Gasteiger partial charge is 0.133 e. The van der Waals surface area contributed by atoms with Gasteiger partial charge in [-0.3, -0.25) is 0 Å². The summed E-state index contributed by atoms with van der Waals surface area (Å²) in [5.41, 5.74) is 2.89. The third-order valence-electron chi connectivity index (χ3n) is 2.73. The maximum atomic E-state index is 3.60. The molecule has 0 aromatic rings. The Hall–Kier alpha value is -0.480. The molecule has 2 saturated carbocycles. The summed E-state index contributed by atoms with van der Waals surface area (Å²) < 4.78 is 0. The topological polar surface area (TPSA) is 0 Å². The summed E-state index contributed by atoms with van der Waals surface area (Å²) in [5, 5.41) is 0. The molecule has 9 heavy (non-hydrogen) atoms. The molecule has 0 aliphatic heterocycles. The molecule has 2 aliphatic carbocycles. The van der Waals surface area contributed by atoms with Crippen molar-refractivity contribution in [1.82, 2.24) is 0 Å². The van der Waals surface area contributed by atoms with Crippen molar-refractivity contribution in [2.75, 3.05) is 0 Å². The van der Waals surface area contributed by atoms with Crippen molar-refractivity contribution in [3.63, 3.8) is 0 Å². The van der Waals surface area contributed by atoms with Gasteiger partial charge in [0.1, 0.15) is 0 Å². The Morgan fingerprint density at radius 1 is 1.44 bits per heavy atom. The molecule has 0 bridgehead atoms. The summed E-state index contributed by atoms with van der Waals surface area (Å²) in [6, 6.07) is 0. The van der Waals surface area contributed by atoms with E-state index in [0.717, 1.165) is 17.8 Å². The monoisotopic (exact) mass is 120 g/mol. The van der Waals surface area contributed by atoms with E-state index in [-0.39, 0.29) is 0 Å². The number of hydrogen-bond donors (Lipinski definition) is 0. The highest BCUT2D eigenvalue weighted by Crippen LogP contribution is 2.55. The number of allylic oxidation sites excluding steroid dienone is 1. The van der Waals surface area contributed by atoms with Crippen LogP contribution in [0.25, 0.3) is 0 Å². The Balaban J connectivity index is 2.05. The number of rotatable bonds is 1. The smallest absolute Gasteiger partial charge is 0.0126 e. The van der Waals surface area contributed by atoms with Gasteiger partial charge >= 0.3 is 0 Å². The Morgan fingerprint density at radius 2 is 2.33 bits per heavy atom. The Kier molecular flexibility index (Phi) is 1.03. The van der Waals surface area contributed by atoms with Crippen LogP contribution in [0.4, 0.5) is 0 Å². The second-order valence-corrected chi connectivity index (χ2v) is 3.27. The molecule has 2 rings (SSSR count). The van der Waals surface area contributed by atoms with Crippen molar-refractivity contribution in [3.8, 4) is 0 Å². The van der Waals surface area contributed by atoms with Crippen LogP contribution in [0.15, 0.2) is 18.4 Å². The first-order valence-corrected chi connectivity index (χ1v) is 3.78. The lowest BCUT2D eigenvalue weighted by molar-refractivity contribution is 0.591. The van der Waals surface area contributed by atoms with E-state index in [1.54, 1.807) is 0 Å². The van der Waals surface area contributed by atoms with Gasteiger partial charge in [0.15, 0.2) is 0 Å². The zero-order chi connectivity index (χ0) is 6.27. The summed E-state index contributed by atoms with van der Waals surface area (Å²) in [6.45, 7) is 3.60.